The van der Waals surface area contributed by atoms with E-state index in [4.69, 9.17) is 5.26 Å². The summed E-state index contributed by atoms with van der Waals surface area (Å²) in [4.78, 5) is 4.35. The largest absolute Gasteiger partial charge is 0.365 e. The van der Waals surface area contributed by atoms with Crippen molar-refractivity contribution < 1.29 is 0 Å². The fraction of sp³-hybridized carbons (Fsp3) is 0.385. The summed E-state index contributed by atoms with van der Waals surface area (Å²) in [6.07, 6.45) is 3.25. The zero-order chi connectivity index (χ0) is 12.1. The molecule has 2 rings (SSSR count). The molecule has 2 N–H and O–H groups in total. The molecule has 1 aromatic rings. The standard InChI is InChI=1S/C13H16N4/c1-10-2-3-12(8-14)13(17-10)16-9-11-4-6-15-7-5-11/h2-4,15H,5-7,9H2,1H3,(H,16,17). The highest BCUT2D eigenvalue weighted by molar-refractivity contribution is 5.52. The fourth-order valence-electron chi connectivity index (χ4n) is 1.81. The third-order valence-electron chi connectivity index (χ3n) is 2.80. The minimum absolute atomic E-state index is 0.602. The molecule has 0 saturated heterocycles. The summed E-state index contributed by atoms with van der Waals surface area (Å²) in [5, 5.41) is 15.5. The van der Waals surface area contributed by atoms with Gasteiger partial charge in [-0.25, -0.2) is 4.98 Å². The number of nitrogens with zero attached hydrogens (tertiary/aromatic N) is 2. The predicted octanol–water partition coefficient (Wildman–Crippen LogP) is 1.59. The highest BCUT2D eigenvalue weighted by Gasteiger charge is 2.06. The van der Waals surface area contributed by atoms with Crippen molar-refractivity contribution in [3.63, 3.8) is 0 Å². The van der Waals surface area contributed by atoms with Crippen molar-refractivity contribution in [2.24, 2.45) is 0 Å². The Morgan fingerprint density at radius 2 is 2.41 bits per heavy atom. The topological polar surface area (TPSA) is 60.7 Å². The first kappa shape index (κ1) is 11.6. The molecule has 88 valence electrons. The van der Waals surface area contributed by atoms with E-state index in [0.717, 1.165) is 31.7 Å². The minimum atomic E-state index is 0.602. The van der Waals surface area contributed by atoms with Gasteiger partial charge in [-0.3, -0.25) is 0 Å². The smallest absolute Gasteiger partial charge is 0.144 e. The van der Waals surface area contributed by atoms with E-state index in [2.05, 4.69) is 27.8 Å². The first-order chi connectivity index (χ1) is 8.29. The average Bonchev–Trinajstić information content (AvgIpc) is 2.38. The molecular weight excluding hydrogens is 212 g/mol. The molecule has 1 aliphatic rings. The number of nitrogens with one attached hydrogen (secondary N) is 2. The number of anilines is 1. The van der Waals surface area contributed by atoms with E-state index in [-0.39, 0.29) is 0 Å². The normalized spacial score (nSPS) is 14.9. The van der Waals surface area contributed by atoms with Gasteiger partial charge in [-0.2, -0.15) is 5.26 Å². The third kappa shape index (κ3) is 3.05. The maximum Gasteiger partial charge on any atom is 0.144 e. The zero-order valence-electron chi connectivity index (χ0n) is 9.95. The van der Waals surface area contributed by atoms with Crippen LogP contribution in [0.4, 0.5) is 5.82 Å². The van der Waals surface area contributed by atoms with Crippen LogP contribution in [0.1, 0.15) is 17.7 Å². The van der Waals surface area contributed by atoms with Crippen molar-refractivity contribution in [1.29, 1.82) is 5.26 Å². The van der Waals surface area contributed by atoms with Crippen molar-refractivity contribution in [3.05, 3.63) is 35.0 Å². The molecular formula is C13H16N4. The monoisotopic (exact) mass is 228 g/mol. The van der Waals surface area contributed by atoms with Gasteiger partial charge in [-0.15, -0.1) is 0 Å². The third-order valence-corrected chi connectivity index (χ3v) is 2.80. The number of nitriles is 1. The Hall–Kier alpha value is -1.86. The van der Waals surface area contributed by atoms with Crippen LogP contribution in [0.2, 0.25) is 0 Å². The molecule has 4 heteroatoms. The number of rotatable bonds is 3. The maximum absolute atomic E-state index is 8.99. The van der Waals surface area contributed by atoms with E-state index in [0.29, 0.717) is 11.4 Å². The number of aryl methyl sites for hydroxylation is 1. The second-order valence-electron chi connectivity index (χ2n) is 4.13. The fourth-order valence-corrected chi connectivity index (χ4v) is 1.81. The van der Waals surface area contributed by atoms with Crippen LogP contribution in [0.15, 0.2) is 23.8 Å². The molecule has 0 radical (unpaired) electrons. The lowest BCUT2D eigenvalue weighted by Crippen LogP contribution is -2.23. The molecule has 1 aliphatic heterocycles. The molecule has 0 bridgehead atoms. The van der Waals surface area contributed by atoms with Crippen LogP contribution >= 0.6 is 0 Å². The van der Waals surface area contributed by atoms with Crippen molar-refractivity contribution in [2.75, 3.05) is 25.0 Å². The summed E-state index contributed by atoms with van der Waals surface area (Å²) in [5.41, 5.74) is 2.90. The SMILES string of the molecule is Cc1ccc(C#N)c(NCC2=CCNCC2)n1. The lowest BCUT2D eigenvalue weighted by Gasteiger charge is -2.15. The summed E-state index contributed by atoms with van der Waals surface area (Å²) in [7, 11) is 0. The number of hydrogen-bond donors (Lipinski definition) is 2. The second-order valence-corrected chi connectivity index (χ2v) is 4.13. The highest BCUT2D eigenvalue weighted by Crippen LogP contribution is 2.13. The Labute approximate surface area is 101 Å². The molecule has 0 aromatic carbocycles. The molecule has 0 saturated carbocycles. The van der Waals surface area contributed by atoms with Crippen LogP contribution in [0.3, 0.4) is 0 Å². The molecule has 17 heavy (non-hydrogen) atoms. The van der Waals surface area contributed by atoms with E-state index in [9.17, 15) is 0 Å². The second kappa shape index (κ2) is 5.46. The van der Waals surface area contributed by atoms with E-state index in [1.165, 1.54) is 5.57 Å². The Morgan fingerprint density at radius 1 is 1.53 bits per heavy atom. The van der Waals surface area contributed by atoms with E-state index in [1.807, 2.05) is 19.1 Å². The van der Waals surface area contributed by atoms with Crippen LogP contribution in [-0.2, 0) is 0 Å². The van der Waals surface area contributed by atoms with Crippen molar-refractivity contribution in [1.82, 2.24) is 10.3 Å². The lowest BCUT2D eigenvalue weighted by atomic mass is 10.1. The first-order valence-electron chi connectivity index (χ1n) is 5.80. The van der Waals surface area contributed by atoms with Crippen LogP contribution in [0, 0.1) is 18.3 Å². The van der Waals surface area contributed by atoms with Gasteiger partial charge in [0.05, 0.1) is 5.56 Å². The molecule has 2 heterocycles. The lowest BCUT2D eigenvalue weighted by molar-refractivity contribution is 0.697. The molecule has 0 unspecified atom stereocenters. The molecule has 0 spiro atoms. The number of hydrogen-bond acceptors (Lipinski definition) is 4. The van der Waals surface area contributed by atoms with Gasteiger partial charge in [0.2, 0.25) is 0 Å². The molecule has 0 aliphatic carbocycles. The molecule has 1 aromatic heterocycles. The predicted molar refractivity (Wildman–Crippen MR) is 67.7 cm³/mol. The van der Waals surface area contributed by atoms with Gasteiger partial charge in [0.15, 0.2) is 0 Å². The first-order valence-corrected chi connectivity index (χ1v) is 5.80. The van der Waals surface area contributed by atoms with Gasteiger partial charge in [0.25, 0.3) is 0 Å². The van der Waals surface area contributed by atoms with E-state index in [1.54, 1.807) is 0 Å². The van der Waals surface area contributed by atoms with Crippen molar-refractivity contribution in [3.8, 4) is 6.07 Å². The van der Waals surface area contributed by atoms with Crippen LogP contribution in [0.25, 0.3) is 0 Å². The van der Waals surface area contributed by atoms with Gasteiger partial charge in [0, 0.05) is 18.8 Å². The van der Waals surface area contributed by atoms with Crippen molar-refractivity contribution >= 4 is 5.82 Å². The van der Waals surface area contributed by atoms with E-state index < -0.39 is 0 Å². The molecule has 0 amide bonds. The zero-order valence-corrected chi connectivity index (χ0v) is 9.95. The van der Waals surface area contributed by atoms with Crippen LogP contribution < -0.4 is 10.6 Å². The maximum atomic E-state index is 8.99. The summed E-state index contributed by atoms with van der Waals surface area (Å²) in [6, 6.07) is 5.82. The summed E-state index contributed by atoms with van der Waals surface area (Å²) in [6.45, 7) is 4.66. The summed E-state index contributed by atoms with van der Waals surface area (Å²) < 4.78 is 0. The Balaban J connectivity index is 2.05. The average molecular weight is 228 g/mol. The van der Waals surface area contributed by atoms with Gasteiger partial charge in [-0.05, 0) is 32.0 Å². The Kier molecular flexibility index (Phi) is 3.73. The van der Waals surface area contributed by atoms with Crippen molar-refractivity contribution in [2.45, 2.75) is 13.3 Å². The number of pyridine rings is 1. The summed E-state index contributed by atoms with van der Waals surface area (Å²) >= 11 is 0. The Bertz CT molecular complexity index is 471. The number of aromatic nitrogens is 1. The van der Waals surface area contributed by atoms with Crippen LogP contribution in [-0.4, -0.2) is 24.6 Å². The quantitative estimate of drug-likeness (QED) is 0.771. The molecule has 0 fully saturated rings. The van der Waals surface area contributed by atoms with E-state index >= 15 is 0 Å². The summed E-state index contributed by atoms with van der Waals surface area (Å²) in [5.74, 6) is 0.687. The molecule has 4 nitrogen and oxygen atoms in total. The van der Waals surface area contributed by atoms with Gasteiger partial charge < -0.3 is 10.6 Å². The minimum Gasteiger partial charge on any atom is -0.365 e. The van der Waals surface area contributed by atoms with Gasteiger partial charge in [0.1, 0.15) is 11.9 Å². The van der Waals surface area contributed by atoms with Crippen LogP contribution in [0.5, 0.6) is 0 Å². The Morgan fingerprint density at radius 3 is 3.12 bits per heavy atom. The van der Waals surface area contributed by atoms with Gasteiger partial charge >= 0.3 is 0 Å². The van der Waals surface area contributed by atoms with Gasteiger partial charge in [-0.1, -0.05) is 11.6 Å². The highest BCUT2D eigenvalue weighted by atomic mass is 15.0. The molecule has 0 atom stereocenters.